The van der Waals surface area contributed by atoms with Crippen molar-refractivity contribution in [3.8, 4) is 0 Å². The Morgan fingerprint density at radius 1 is 1.39 bits per heavy atom. The number of hydrogen-bond donors (Lipinski definition) is 1. The smallest absolute Gasteiger partial charge is 0.256 e. The molecule has 0 aliphatic rings. The molecule has 0 aromatic heterocycles. The molecule has 0 spiro atoms. The van der Waals surface area contributed by atoms with Crippen molar-refractivity contribution in [1.29, 1.82) is 0 Å². The van der Waals surface area contributed by atoms with Crippen molar-refractivity contribution in [2.45, 2.75) is 12.5 Å². The summed E-state index contributed by atoms with van der Waals surface area (Å²) in [6.07, 6.45) is 0.426. The van der Waals surface area contributed by atoms with Gasteiger partial charge in [-0.3, -0.25) is 4.79 Å². The third-order valence-electron chi connectivity index (χ3n) is 2.86. The van der Waals surface area contributed by atoms with Crippen LogP contribution in [0.15, 0.2) is 30.3 Å². The lowest BCUT2D eigenvalue weighted by molar-refractivity contribution is -0.141. The Morgan fingerprint density at radius 3 is 2.61 bits per heavy atom. The van der Waals surface area contributed by atoms with E-state index in [0.717, 1.165) is 25.1 Å². The third-order valence-corrected chi connectivity index (χ3v) is 2.86. The van der Waals surface area contributed by atoms with Gasteiger partial charge in [-0.1, -0.05) is 30.3 Å². The van der Waals surface area contributed by atoms with E-state index in [-0.39, 0.29) is 5.91 Å². The summed E-state index contributed by atoms with van der Waals surface area (Å²) in [6.45, 7) is 1.63. The summed E-state index contributed by atoms with van der Waals surface area (Å²) in [5, 5.41) is 3.07. The van der Waals surface area contributed by atoms with E-state index in [0.29, 0.717) is 0 Å². The fourth-order valence-corrected chi connectivity index (χ4v) is 1.81. The van der Waals surface area contributed by atoms with Gasteiger partial charge in [0.1, 0.15) is 0 Å². The molecule has 1 amide bonds. The Hall–Kier alpha value is -1.39. The van der Waals surface area contributed by atoms with Crippen LogP contribution >= 0.6 is 0 Å². The van der Waals surface area contributed by atoms with E-state index in [1.807, 2.05) is 44.4 Å². The minimum Gasteiger partial charge on any atom is -0.367 e. The molecule has 0 fully saturated rings. The lowest BCUT2D eigenvalue weighted by Gasteiger charge is -2.23. The van der Waals surface area contributed by atoms with Crippen molar-refractivity contribution in [1.82, 2.24) is 10.2 Å². The van der Waals surface area contributed by atoms with E-state index >= 15 is 0 Å². The van der Waals surface area contributed by atoms with Crippen molar-refractivity contribution >= 4 is 5.91 Å². The number of likely N-dealkylation sites (N-methyl/N-ethyl adjacent to an activating group) is 1. The molecule has 4 heteroatoms. The quantitative estimate of drug-likeness (QED) is 0.745. The van der Waals surface area contributed by atoms with Crippen LogP contribution in [-0.2, 0) is 9.53 Å². The van der Waals surface area contributed by atoms with Gasteiger partial charge in [0, 0.05) is 20.7 Å². The Balaban J connectivity index is 2.62. The summed E-state index contributed by atoms with van der Waals surface area (Å²) in [7, 11) is 5.29. The summed E-state index contributed by atoms with van der Waals surface area (Å²) in [5.74, 6) is -0.000182. The number of methoxy groups -OCH3 is 1. The van der Waals surface area contributed by atoms with Crippen molar-refractivity contribution < 1.29 is 9.53 Å². The van der Waals surface area contributed by atoms with E-state index in [2.05, 4.69) is 5.32 Å². The van der Waals surface area contributed by atoms with Gasteiger partial charge in [-0.2, -0.15) is 0 Å². The summed E-state index contributed by atoms with van der Waals surface area (Å²) in [6, 6.07) is 9.57. The van der Waals surface area contributed by atoms with Crippen LogP contribution in [0.2, 0.25) is 0 Å². The average Bonchev–Trinajstić information content (AvgIpc) is 2.41. The molecule has 1 aromatic rings. The maximum Gasteiger partial charge on any atom is 0.256 e. The normalized spacial score (nSPS) is 12.2. The summed E-state index contributed by atoms with van der Waals surface area (Å²) >= 11 is 0. The van der Waals surface area contributed by atoms with Crippen LogP contribution < -0.4 is 5.32 Å². The number of nitrogens with zero attached hydrogens (tertiary/aromatic N) is 1. The Morgan fingerprint density at radius 2 is 2.06 bits per heavy atom. The number of rotatable bonds is 7. The molecule has 1 rings (SSSR count). The SMILES string of the molecule is CNCCCN(C)C(=O)C(OC)c1ccccc1. The number of amides is 1. The van der Waals surface area contributed by atoms with Gasteiger partial charge in [-0.25, -0.2) is 0 Å². The summed E-state index contributed by atoms with van der Waals surface area (Å²) in [5.41, 5.74) is 0.894. The largest absolute Gasteiger partial charge is 0.367 e. The van der Waals surface area contributed by atoms with Gasteiger partial charge in [0.25, 0.3) is 5.91 Å². The Labute approximate surface area is 109 Å². The molecule has 0 saturated heterocycles. The molecule has 1 atom stereocenters. The van der Waals surface area contributed by atoms with Crippen LogP contribution in [0.25, 0.3) is 0 Å². The molecule has 0 aliphatic carbocycles. The van der Waals surface area contributed by atoms with Crippen LogP contribution in [0.4, 0.5) is 0 Å². The van der Waals surface area contributed by atoms with Crippen molar-refractivity contribution in [3.05, 3.63) is 35.9 Å². The Kier molecular flexibility index (Phi) is 6.39. The van der Waals surface area contributed by atoms with E-state index in [4.69, 9.17) is 4.74 Å². The lowest BCUT2D eigenvalue weighted by Crippen LogP contribution is -2.34. The molecule has 0 radical (unpaired) electrons. The molecule has 0 saturated carbocycles. The molecule has 0 heterocycles. The number of carbonyl (C=O) groups is 1. The van der Waals surface area contributed by atoms with Crippen molar-refractivity contribution in [3.63, 3.8) is 0 Å². The fraction of sp³-hybridized carbons (Fsp3) is 0.500. The number of ether oxygens (including phenoxy) is 1. The number of carbonyl (C=O) groups excluding carboxylic acids is 1. The summed E-state index contributed by atoms with van der Waals surface area (Å²) in [4.78, 5) is 14.0. The van der Waals surface area contributed by atoms with Gasteiger partial charge in [0.15, 0.2) is 6.10 Å². The highest BCUT2D eigenvalue weighted by molar-refractivity contribution is 5.82. The second-order valence-corrected chi connectivity index (χ2v) is 4.24. The van der Waals surface area contributed by atoms with Crippen molar-refractivity contribution in [2.75, 3.05) is 34.3 Å². The van der Waals surface area contributed by atoms with E-state index in [1.54, 1.807) is 12.0 Å². The van der Waals surface area contributed by atoms with E-state index in [1.165, 1.54) is 0 Å². The first kappa shape index (κ1) is 14.7. The van der Waals surface area contributed by atoms with Crippen LogP contribution in [-0.4, -0.2) is 45.1 Å². The van der Waals surface area contributed by atoms with Gasteiger partial charge < -0.3 is 15.0 Å². The van der Waals surface area contributed by atoms with Crippen LogP contribution in [0, 0.1) is 0 Å². The summed E-state index contributed by atoms with van der Waals surface area (Å²) < 4.78 is 5.32. The zero-order chi connectivity index (χ0) is 13.4. The minimum absolute atomic E-state index is 0.000182. The molecule has 0 aliphatic heterocycles. The topological polar surface area (TPSA) is 41.6 Å². The van der Waals surface area contributed by atoms with Crippen LogP contribution in [0.1, 0.15) is 18.1 Å². The third kappa shape index (κ3) is 4.13. The maximum absolute atomic E-state index is 12.2. The number of hydrogen-bond acceptors (Lipinski definition) is 3. The molecule has 1 aromatic carbocycles. The van der Waals surface area contributed by atoms with E-state index in [9.17, 15) is 4.79 Å². The van der Waals surface area contributed by atoms with Crippen LogP contribution in [0.5, 0.6) is 0 Å². The number of benzene rings is 1. The zero-order valence-electron chi connectivity index (χ0n) is 11.3. The van der Waals surface area contributed by atoms with Crippen molar-refractivity contribution in [2.24, 2.45) is 0 Å². The molecule has 0 bridgehead atoms. The van der Waals surface area contributed by atoms with Gasteiger partial charge >= 0.3 is 0 Å². The predicted octanol–water partition coefficient (Wildman–Crippen LogP) is 1.44. The molecule has 1 N–H and O–H groups in total. The highest BCUT2D eigenvalue weighted by atomic mass is 16.5. The first-order valence-corrected chi connectivity index (χ1v) is 6.18. The lowest BCUT2D eigenvalue weighted by atomic mass is 10.1. The first-order valence-electron chi connectivity index (χ1n) is 6.18. The molecular formula is C14H22N2O2. The molecule has 100 valence electrons. The second-order valence-electron chi connectivity index (χ2n) is 4.24. The second kappa shape index (κ2) is 7.84. The minimum atomic E-state index is -0.509. The molecule has 18 heavy (non-hydrogen) atoms. The molecule has 1 unspecified atom stereocenters. The first-order chi connectivity index (χ1) is 8.70. The molecule has 4 nitrogen and oxygen atoms in total. The highest BCUT2D eigenvalue weighted by Crippen LogP contribution is 2.18. The highest BCUT2D eigenvalue weighted by Gasteiger charge is 2.22. The van der Waals surface area contributed by atoms with Gasteiger partial charge in [0.2, 0.25) is 0 Å². The molecular weight excluding hydrogens is 228 g/mol. The average molecular weight is 250 g/mol. The number of nitrogens with one attached hydrogen (secondary N) is 1. The van der Waals surface area contributed by atoms with Gasteiger partial charge in [-0.05, 0) is 25.6 Å². The zero-order valence-corrected chi connectivity index (χ0v) is 11.3. The monoisotopic (exact) mass is 250 g/mol. The van der Waals surface area contributed by atoms with Crippen LogP contribution in [0.3, 0.4) is 0 Å². The Bertz CT molecular complexity index is 354. The van der Waals surface area contributed by atoms with Gasteiger partial charge in [0.05, 0.1) is 0 Å². The van der Waals surface area contributed by atoms with E-state index < -0.39 is 6.10 Å². The standard InChI is InChI=1S/C14H22N2O2/c1-15-10-7-11-16(2)14(17)13(18-3)12-8-5-4-6-9-12/h4-6,8-9,13,15H,7,10-11H2,1-3H3. The fourth-order valence-electron chi connectivity index (χ4n) is 1.81. The van der Waals surface area contributed by atoms with Gasteiger partial charge in [-0.15, -0.1) is 0 Å². The maximum atomic E-state index is 12.2. The predicted molar refractivity (Wildman–Crippen MR) is 72.4 cm³/mol.